The van der Waals surface area contributed by atoms with Crippen LogP contribution in [0.3, 0.4) is 0 Å². The minimum atomic E-state index is -0.405. The average molecular weight is 211 g/mol. The number of rotatable bonds is 1. The number of hydrogen-bond acceptors (Lipinski definition) is 3. The molecule has 0 aliphatic rings. The van der Waals surface area contributed by atoms with Crippen molar-refractivity contribution >= 4 is 28.5 Å². The van der Waals surface area contributed by atoms with Gasteiger partial charge in [0.2, 0.25) is 0 Å². The molecule has 0 saturated carbocycles. The molecule has 2 heterocycles. The quantitative estimate of drug-likeness (QED) is 0.579. The highest BCUT2D eigenvalue weighted by Crippen LogP contribution is 2.17. The second-order valence-electron chi connectivity index (χ2n) is 2.77. The minimum absolute atomic E-state index is 0.395. The maximum Gasteiger partial charge on any atom is 0.354 e. The molecule has 72 valence electrons. The lowest BCUT2D eigenvalue weighted by molar-refractivity contribution is 0.0595. The van der Waals surface area contributed by atoms with Crippen LogP contribution in [0.4, 0.5) is 0 Å². The van der Waals surface area contributed by atoms with Crippen LogP contribution >= 0.6 is 11.6 Å². The monoisotopic (exact) mass is 210 g/mol. The first-order chi connectivity index (χ1) is 6.70. The number of aromatic amines is 1. The number of esters is 1. The number of nitrogens with zero attached hydrogens (tertiary/aromatic N) is 1. The SMILES string of the molecule is COC(=O)c1cc2cc(Cl)ncc2[nH]1. The number of carbonyl (C=O) groups excluding carboxylic acids is 1. The van der Waals surface area contributed by atoms with Gasteiger partial charge < -0.3 is 9.72 Å². The van der Waals surface area contributed by atoms with Gasteiger partial charge in [0.1, 0.15) is 10.8 Å². The number of ether oxygens (including phenoxy) is 1. The van der Waals surface area contributed by atoms with Crippen molar-refractivity contribution in [3.05, 3.63) is 29.2 Å². The summed E-state index contributed by atoms with van der Waals surface area (Å²) in [7, 11) is 1.33. The van der Waals surface area contributed by atoms with E-state index in [0.29, 0.717) is 10.8 Å². The number of halogens is 1. The third-order valence-electron chi connectivity index (χ3n) is 1.88. The molecule has 0 atom stereocenters. The Morgan fingerprint density at radius 3 is 3.07 bits per heavy atom. The molecule has 14 heavy (non-hydrogen) atoms. The van der Waals surface area contributed by atoms with Crippen molar-refractivity contribution in [2.24, 2.45) is 0 Å². The highest BCUT2D eigenvalue weighted by atomic mass is 35.5. The molecule has 0 spiro atoms. The van der Waals surface area contributed by atoms with Gasteiger partial charge in [0.15, 0.2) is 0 Å². The van der Waals surface area contributed by atoms with Crippen LogP contribution in [0.5, 0.6) is 0 Å². The number of nitrogens with one attached hydrogen (secondary N) is 1. The molecule has 0 fully saturated rings. The minimum Gasteiger partial charge on any atom is -0.464 e. The van der Waals surface area contributed by atoms with Gasteiger partial charge in [0.05, 0.1) is 18.8 Å². The van der Waals surface area contributed by atoms with Crippen molar-refractivity contribution in [3.8, 4) is 0 Å². The maximum atomic E-state index is 11.2. The number of hydrogen-bond donors (Lipinski definition) is 1. The van der Waals surface area contributed by atoms with E-state index in [-0.39, 0.29) is 0 Å². The van der Waals surface area contributed by atoms with Gasteiger partial charge in [-0.1, -0.05) is 11.6 Å². The Kier molecular flexibility index (Phi) is 2.13. The number of methoxy groups -OCH3 is 1. The zero-order valence-electron chi connectivity index (χ0n) is 7.37. The number of carbonyl (C=O) groups is 1. The van der Waals surface area contributed by atoms with Crippen molar-refractivity contribution in [3.63, 3.8) is 0 Å². The molecular formula is C9H7ClN2O2. The van der Waals surface area contributed by atoms with Crippen LogP contribution in [-0.2, 0) is 4.74 Å². The average Bonchev–Trinajstić information content (AvgIpc) is 2.59. The van der Waals surface area contributed by atoms with Gasteiger partial charge in [0.25, 0.3) is 0 Å². The van der Waals surface area contributed by atoms with Crippen LogP contribution in [0.15, 0.2) is 18.3 Å². The van der Waals surface area contributed by atoms with E-state index in [2.05, 4.69) is 14.7 Å². The van der Waals surface area contributed by atoms with E-state index < -0.39 is 5.97 Å². The van der Waals surface area contributed by atoms with Gasteiger partial charge in [-0.2, -0.15) is 0 Å². The van der Waals surface area contributed by atoms with Gasteiger partial charge in [0, 0.05) is 5.39 Å². The highest BCUT2D eigenvalue weighted by molar-refractivity contribution is 6.30. The fraction of sp³-hybridized carbons (Fsp3) is 0.111. The first kappa shape index (κ1) is 9.02. The van der Waals surface area contributed by atoms with Crippen molar-refractivity contribution in [2.75, 3.05) is 7.11 Å². The van der Waals surface area contributed by atoms with E-state index in [1.165, 1.54) is 7.11 Å². The number of H-pyrrole nitrogens is 1. The summed E-state index contributed by atoms with van der Waals surface area (Å²) in [4.78, 5) is 17.9. The Bertz CT molecular complexity index is 493. The molecule has 2 rings (SSSR count). The fourth-order valence-corrected chi connectivity index (χ4v) is 1.39. The van der Waals surface area contributed by atoms with E-state index in [1.807, 2.05) is 0 Å². The molecule has 0 unspecified atom stereocenters. The van der Waals surface area contributed by atoms with Crippen LogP contribution in [0, 0.1) is 0 Å². The summed E-state index contributed by atoms with van der Waals surface area (Å²) in [5.74, 6) is -0.405. The lowest BCUT2D eigenvalue weighted by atomic mass is 10.3. The first-order valence-electron chi connectivity index (χ1n) is 3.93. The number of fused-ring (bicyclic) bond motifs is 1. The van der Waals surface area contributed by atoms with Crippen molar-refractivity contribution in [1.29, 1.82) is 0 Å². The van der Waals surface area contributed by atoms with Crippen molar-refractivity contribution in [1.82, 2.24) is 9.97 Å². The molecule has 0 aliphatic carbocycles. The topological polar surface area (TPSA) is 55.0 Å². The molecule has 2 aromatic rings. The summed E-state index contributed by atoms with van der Waals surface area (Å²) in [6.45, 7) is 0. The second-order valence-corrected chi connectivity index (χ2v) is 3.16. The second kappa shape index (κ2) is 3.31. The van der Waals surface area contributed by atoms with Gasteiger partial charge in [-0.3, -0.25) is 0 Å². The Labute approximate surface area is 84.9 Å². The number of pyridine rings is 1. The van der Waals surface area contributed by atoms with Crippen LogP contribution < -0.4 is 0 Å². The predicted octanol–water partition coefficient (Wildman–Crippen LogP) is 2.00. The molecule has 0 radical (unpaired) electrons. The summed E-state index contributed by atoms with van der Waals surface area (Å²) in [5.41, 5.74) is 1.15. The van der Waals surface area contributed by atoms with E-state index in [4.69, 9.17) is 11.6 Å². The predicted molar refractivity (Wildman–Crippen MR) is 52.4 cm³/mol. The van der Waals surface area contributed by atoms with Crippen molar-refractivity contribution < 1.29 is 9.53 Å². The number of aromatic nitrogens is 2. The summed E-state index contributed by atoms with van der Waals surface area (Å²) in [6.07, 6.45) is 1.57. The summed E-state index contributed by atoms with van der Waals surface area (Å²) in [6, 6.07) is 3.36. The van der Waals surface area contributed by atoms with Gasteiger partial charge >= 0.3 is 5.97 Å². The lowest BCUT2D eigenvalue weighted by Crippen LogP contribution is -2.00. The molecule has 0 bridgehead atoms. The van der Waals surface area contributed by atoms with Gasteiger partial charge in [-0.15, -0.1) is 0 Å². The maximum absolute atomic E-state index is 11.2. The Hall–Kier alpha value is -1.55. The highest BCUT2D eigenvalue weighted by Gasteiger charge is 2.09. The molecule has 0 saturated heterocycles. The van der Waals surface area contributed by atoms with Gasteiger partial charge in [-0.05, 0) is 12.1 Å². The van der Waals surface area contributed by atoms with Gasteiger partial charge in [-0.25, -0.2) is 9.78 Å². The molecule has 5 heteroatoms. The molecule has 4 nitrogen and oxygen atoms in total. The zero-order chi connectivity index (χ0) is 10.1. The molecule has 0 amide bonds. The summed E-state index contributed by atoms with van der Waals surface area (Å²) < 4.78 is 4.57. The standard InChI is InChI=1S/C9H7ClN2O2/c1-14-9(13)6-2-5-3-8(10)11-4-7(5)12-6/h2-4,12H,1H3. The Morgan fingerprint density at radius 1 is 1.57 bits per heavy atom. The summed E-state index contributed by atoms with van der Waals surface area (Å²) in [5, 5.41) is 1.23. The van der Waals surface area contributed by atoms with E-state index in [0.717, 1.165) is 10.9 Å². The van der Waals surface area contributed by atoms with Crippen LogP contribution in [0.2, 0.25) is 5.15 Å². The zero-order valence-corrected chi connectivity index (χ0v) is 8.13. The largest absolute Gasteiger partial charge is 0.464 e. The third kappa shape index (κ3) is 1.44. The van der Waals surface area contributed by atoms with E-state index in [9.17, 15) is 4.79 Å². The lowest BCUT2D eigenvalue weighted by Gasteiger charge is -1.91. The summed E-state index contributed by atoms with van der Waals surface area (Å²) >= 11 is 5.70. The van der Waals surface area contributed by atoms with E-state index >= 15 is 0 Å². The molecule has 1 N–H and O–H groups in total. The van der Waals surface area contributed by atoms with Crippen LogP contribution in [0.1, 0.15) is 10.5 Å². The molecular weight excluding hydrogens is 204 g/mol. The van der Waals surface area contributed by atoms with Crippen LogP contribution in [0.25, 0.3) is 10.9 Å². The smallest absolute Gasteiger partial charge is 0.354 e. The molecule has 2 aromatic heterocycles. The third-order valence-corrected chi connectivity index (χ3v) is 2.08. The fourth-order valence-electron chi connectivity index (χ4n) is 1.22. The Morgan fingerprint density at radius 2 is 2.36 bits per heavy atom. The van der Waals surface area contributed by atoms with Crippen molar-refractivity contribution in [2.45, 2.75) is 0 Å². The molecule has 0 aromatic carbocycles. The molecule has 0 aliphatic heterocycles. The Balaban J connectivity index is 2.56. The normalized spacial score (nSPS) is 10.4. The first-order valence-corrected chi connectivity index (χ1v) is 4.31. The van der Waals surface area contributed by atoms with E-state index in [1.54, 1.807) is 18.3 Å². The van der Waals surface area contributed by atoms with Crippen LogP contribution in [-0.4, -0.2) is 23.0 Å².